The van der Waals surface area contributed by atoms with Gasteiger partial charge < -0.3 is 15.7 Å². The number of amides is 1. The molecular formula is C7H14N2O2. The number of hydrogen-bond acceptors (Lipinski definition) is 3. The van der Waals surface area contributed by atoms with Crippen molar-refractivity contribution in [2.45, 2.75) is 18.9 Å². The van der Waals surface area contributed by atoms with Gasteiger partial charge in [-0.3, -0.25) is 4.79 Å². The minimum absolute atomic E-state index is 0.162. The number of aliphatic hydroxyl groups is 1. The molecule has 64 valence electrons. The highest BCUT2D eigenvalue weighted by molar-refractivity contribution is 5.77. The number of hydrogen-bond donors (Lipinski definition) is 2. The van der Waals surface area contributed by atoms with E-state index in [9.17, 15) is 4.79 Å². The van der Waals surface area contributed by atoms with Crippen LogP contribution in [0.5, 0.6) is 0 Å². The zero-order chi connectivity index (χ0) is 8.27. The summed E-state index contributed by atoms with van der Waals surface area (Å²) in [5, 5.41) is 8.58. The fourth-order valence-electron chi connectivity index (χ4n) is 1.50. The average molecular weight is 158 g/mol. The second-order valence-corrected chi connectivity index (χ2v) is 2.78. The smallest absolute Gasteiger partial charge is 0.248 e. The lowest BCUT2D eigenvalue weighted by atomic mass is 10.2. The first-order chi connectivity index (χ1) is 5.29. The molecule has 4 heteroatoms. The molecule has 3 N–H and O–H groups in total. The van der Waals surface area contributed by atoms with E-state index in [-0.39, 0.29) is 11.9 Å². The summed E-state index contributed by atoms with van der Waals surface area (Å²) in [4.78, 5) is 12.7. The molecule has 0 aliphatic carbocycles. The molecule has 1 atom stereocenters. The first kappa shape index (κ1) is 8.49. The van der Waals surface area contributed by atoms with E-state index in [4.69, 9.17) is 10.8 Å². The van der Waals surface area contributed by atoms with Gasteiger partial charge in [-0.25, -0.2) is 0 Å². The molecule has 1 rings (SSSR count). The third-order valence-corrected chi connectivity index (χ3v) is 2.10. The van der Waals surface area contributed by atoms with Crippen LogP contribution in [0.1, 0.15) is 12.8 Å². The summed E-state index contributed by atoms with van der Waals surface area (Å²) < 4.78 is 0. The van der Waals surface area contributed by atoms with Gasteiger partial charge in [-0.2, -0.15) is 0 Å². The van der Waals surface area contributed by atoms with Crippen molar-refractivity contribution in [1.29, 1.82) is 0 Å². The van der Waals surface area contributed by atoms with E-state index in [2.05, 4.69) is 0 Å². The average Bonchev–Trinajstić information content (AvgIpc) is 2.50. The standard InChI is InChI=1S/C7H14N2O2/c8-4-6-2-1-3-9(6)7(11)5-10/h6,10H,1-5,8H2/t6-/m0/s1. The number of nitrogens with two attached hydrogens (primary N) is 1. The molecule has 0 aromatic rings. The maximum absolute atomic E-state index is 11.0. The molecule has 0 aromatic carbocycles. The molecule has 1 saturated heterocycles. The first-order valence-corrected chi connectivity index (χ1v) is 3.90. The van der Waals surface area contributed by atoms with Crippen molar-refractivity contribution in [3.8, 4) is 0 Å². The Labute approximate surface area is 66.0 Å². The normalized spacial score (nSPS) is 24.2. The minimum Gasteiger partial charge on any atom is -0.387 e. The molecular weight excluding hydrogens is 144 g/mol. The van der Waals surface area contributed by atoms with E-state index in [0.29, 0.717) is 6.54 Å². The van der Waals surface area contributed by atoms with Crippen LogP contribution in [0.25, 0.3) is 0 Å². The van der Waals surface area contributed by atoms with Crippen LogP contribution in [-0.2, 0) is 4.79 Å². The summed E-state index contributed by atoms with van der Waals surface area (Å²) in [6, 6.07) is 0.162. The van der Waals surface area contributed by atoms with Gasteiger partial charge in [-0.1, -0.05) is 0 Å². The van der Waals surface area contributed by atoms with Gasteiger partial charge >= 0.3 is 0 Å². The quantitative estimate of drug-likeness (QED) is 0.537. The Hall–Kier alpha value is -0.610. The van der Waals surface area contributed by atoms with E-state index in [1.807, 2.05) is 0 Å². The van der Waals surface area contributed by atoms with Crippen molar-refractivity contribution >= 4 is 5.91 Å². The number of aliphatic hydroxyl groups excluding tert-OH is 1. The summed E-state index contributed by atoms with van der Waals surface area (Å²) in [5.41, 5.74) is 5.44. The summed E-state index contributed by atoms with van der Waals surface area (Å²) in [6.45, 7) is 0.865. The highest BCUT2D eigenvalue weighted by Gasteiger charge is 2.26. The van der Waals surface area contributed by atoms with Gasteiger partial charge in [0.15, 0.2) is 0 Å². The van der Waals surface area contributed by atoms with E-state index in [1.54, 1.807) is 4.90 Å². The van der Waals surface area contributed by atoms with Crippen LogP contribution in [0.2, 0.25) is 0 Å². The van der Waals surface area contributed by atoms with Gasteiger partial charge in [0, 0.05) is 19.1 Å². The van der Waals surface area contributed by atoms with Crippen LogP contribution in [-0.4, -0.2) is 41.7 Å². The Morgan fingerprint density at radius 2 is 2.45 bits per heavy atom. The van der Waals surface area contributed by atoms with E-state index >= 15 is 0 Å². The fraction of sp³-hybridized carbons (Fsp3) is 0.857. The van der Waals surface area contributed by atoms with Crippen molar-refractivity contribution in [2.75, 3.05) is 19.7 Å². The number of carbonyl (C=O) groups excluding carboxylic acids is 1. The van der Waals surface area contributed by atoms with Gasteiger partial charge in [-0.05, 0) is 12.8 Å². The Balaban J connectivity index is 2.49. The van der Waals surface area contributed by atoms with Crippen molar-refractivity contribution in [3.63, 3.8) is 0 Å². The number of rotatable bonds is 2. The second kappa shape index (κ2) is 3.69. The predicted octanol–water partition coefficient (Wildman–Crippen LogP) is -1.07. The third kappa shape index (κ3) is 1.70. The van der Waals surface area contributed by atoms with Crippen molar-refractivity contribution in [1.82, 2.24) is 4.90 Å². The molecule has 1 heterocycles. The molecule has 0 unspecified atom stereocenters. The maximum atomic E-state index is 11.0. The minimum atomic E-state index is -0.392. The van der Waals surface area contributed by atoms with Crippen LogP contribution in [0.4, 0.5) is 0 Å². The Morgan fingerprint density at radius 3 is 3.00 bits per heavy atom. The zero-order valence-electron chi connectivity index (χ0n) is 6.49. The molecule has 0 aromatic heterocycles. The molecule has 1 aliphatic rings. The highest BCUT2D eigenvalue weighted by atomic mass is 16.3. The van der Waals surface area contributed by atoms with Crippen LogP contribution in [0, 0.1) is 0 Å². The molecule has 11 heavy (non-hydrogen) atoms. The van der Waals surface area contributed by atoms with Crippen LogP contribution < -0.4 is 5.73 Å². The Kier molecular flexibility index (Phi) is 2.84. The van der Waals surface area contributed by atoms with Gasteiger partial charge in [0.1, 0.15) is 6.61 Å². The van der Waals surface area contributed by atoms with Crippen LogP contribution in [0.15, 0.2) is 0 Å². The van der Waals surface area contributed by atoms with E-state index < -0.39 is 6.61 Å². The Bertz CT molecular complexity index is 149. The SMILES string of the molecule is NC[C@@H]1CCCN1C(=O)CO. The molecule has 0 spiro atoms. The molecule has 4 nitrogen and oxygen atoms in total. The predicted molar refractivity (Wildman–Crippen MR) is 40.9 cm³/mol. The maximum Gasteiger partial charge on any atom is 0.248 e. The number of nitrogens with zero attached hydrogens (tertiary/aromatic N) is 1. The molecule has 0 saturated carbocycles. The fourth-order valence-corrected chi connectivity index (χ4v) is 1.50. The molecule has 1 amide bonds. The number of carbonyl (C=O) groups is 1. The van der Waals surface area contributed by atoms with Crippen LogP contribution >= 0.6 is 0 Å². The van der Waals surface area contributed by atoms with Gasteiger partial charge in [0.2, 0.25) is 5.91 Å². The van der Waals surface area contributed by atoms with Crippen molar-refractivity contribution in [3.05, 3.63) is 0 Å². The van der Waals surface area contributed by atoms with Crippen LogP contribution in [0.3, 0.4) is 0 Å². The lowest BCUT2D eigenvalue weighted by Crippen LogP contribution is -2.41. The summed E-state index contributed by atoms with van der Waals surface area (Å²) in [5.74, 6) is -0.196. The molecule has 1 fully saturated rings. The second-order valence-electron chi connectivity index (χ2n) is 2.78. The third-order valence-electron chi connectivity index (χ3n) is 2.10. The van der Waals surface area contributed by atoms with E-state index in [0.717, 1.165) is 19.4 Å². The molecule has 0 bridgehead atoms. The first-order valence-electron chi connectivity index (χ1n) is 3.90. The summed E-state index contributed by atoms with van der Waals surface area (Å²) in [6.07, 6.45) is 1.98. The molecule has 1 aliphatic heterocycles. The van der Waals surface area contributed by atoms with Gasteiger partial charge in [0.25, 0.3) is 0 Å². The topological polar surface area (TPSA) is 66.6 Å². The lowest BCUT2D eigenvalue weighted by Gasteiger charge is -2.22. The van der Waals surface area contributed by atoms with Gasteiger partial charge in [-0.15, -0.1) is 0 Å². The summed E-state index contributed by atoms with van der Waals surface area (Å²) >= 11 is 0. The van der Waals surface area contributed by atoms with E-state index in [1.165, 1.54) is 0 Å². The zero-order valence-corrected chi connectivity index (χ0v) is 6.49. The lowest BCUT2D eigenvalue weighted by molar-refractivity contribution is -0.134. The largest absolute Gasteiger partial charge is 0.387 e. The Morgan fingerprint density at radius 1 is 1.73 bits per heavy atom. The highest BCUT2D eigenvalue weighted by Crippen LogP contribution is 2.15. The van der Waals surface area contributed by atoms with Crippen molar-refractivity contribution in [2.24, 2.45) is 5.73 Å². The summed E-state index contributed by atoms with van der Waals surface area (Å²) in [7, 11) is 0. The number of likely N-dealkylation sites (tertiary alicyclic amines) is 1. The molecule has 0 radical (unpaired) electrons. The monoisotopic (exact) mass is 158 g/mol. The van der Waals surface area contributed by atoms with Gasteiger partial charge in [0.05, 0.1) is 0 Å². The van der Waals surface area contributed by atoms with Crippen molar-refractivity contribution < 1.29 is 9.90 Å².